The minimum atomic E-state index is -0.151. The van der Waals surface area contributed by atoms with Gasteiger partial charge in [-0.15, -0.1) is 0 Å². The highest BCUT2D eigenvalue weighted by Gasteiger charge is 2.18. The Morgan fingerprint density at radius 1 is 0.967 bits per heavy atom. The van der Waals surface area contributed by atoms with Gasteiger partial charge in [0.25, 0.3) is 5.91 Å². The number of nitrogens with one attached hydrogen (secondary N) is 1. The summed E-state index contributed by atoms with van der Waals surface area (Å²) in [5.74, 6) is -0.151. The fourth-order valence-corrected chi connectivity index (χ4v) is 3.36. The van der Waals surface area contributed by atoms with Crippen molar-refractivity contribution in [3.63, 3.8) is 0 Å². The number of benzene rings is 2. The Hall–Kier alpha value is -3.73. The summed E-state index contributed by atoms with van der Waals surface area (Å²) in [6, 6.07) is 23.7. The van der Waals surface area contributed by atoms with Crippen molar-refractivity contribution in [1.82, 2.24) is 20.1 Å². The summed E-state index contributed by atoms with van der Waals surface area (Å²) >= 11 is 0. The van der Waals surface area contributed by atoms with Crippen LogP contribution in [0.2, 0.25) is 0 Å². The Morgan fingerprint density at radius 2 is 1.77 bits per heavy atom. The molecule has 0 saturated carbocycles. The molecule has 4 rings (SSSR count). The Balaban J connectivity index is 1.65. The van der Waals surface area contributed by atoms with Gasteiger partial charge < -0.3 is 5.32 Å². The van der Waals surface area contributed by atoms with Crippen LogP contribution in [-0.2, 0) is 6.42 Å². The average molecular weight is 396 g/mol. The first-order valence-electron chi connectivity index (χ1n) is 10.0. The lowest BCUT2D eigenvalue weighted by Crippen LogP contribution is -2.28. The maximum absolute atomic E-state index is 13.1. The van der Waals surface area contributed by atoms with Crippen molar-refractivity contribution in [3.05, 3.63) is 102 Å². The molecule has 0 aliphatic heterocycles. The molecule has 0 bridgehead atoms. The molecule has 5 heteroatoms. The van der Waals surface area contributed by atoms with Crippen LogP contribution < -0.4 is 5.32 Å². The highest BCUT2D eigenvalue weighted by atomic mass is 16.2. The van der Waals surface area contributed by atoms with Crippen LogP contribution in [0.25, 0.3) is 16.9 Å². The van der Waals surface area contributed by atoms with Crippen molar-refractivity contribution in [1.29, 1.82) is 0 Å². The van der Waals surface area contributed by atoms with Crippen LogP contribution in [-0.4, -0.2) is 27.2 Å². The zero-order valence-electron chi connectivity index (χ0n) is 17.2. The lowest BCUT2D eigenvalue weighted by molar-refractivity contribution is 0.0946. The van der Waals surface area contributed by atoms with Crippen LogP contribution in [0.15, 0.2) is 79.0 Å². The Labute approximate surface area is 176 Å². The van der Waals surface area contributed by atoms with Crippen LogP contribution in [0, 0.1) is 13.8 Å². The number of pyridine rings is 1. The number of aromatic nitrogens is 3. The van der Waals surface area contributed by atoms with Gasteiger partial charge in [-0.25, -0.2) is 4.68 Å². The van der Waals surface area contributed by atoms with Gasteiger partial charge in [-0.1, -0.05) is 48.5 Å². The third kappa shape index (κ3) is 4.30. The molecule has 150 valence electrons. The SMILES string of the molecule is Cc1ccc(C)c(-n2nc(-c3ccccc3)cc2C(=O)NCCc2ccccn2)c1. The molecule has 0 spiro atoms. The van der Waals surface area contributed by atoms with E-state index in [-0.39, 0.29) is 5.91 Å². The van der Waals surface area contributed by atoms with Gasteiger partial charge in [-0.05, 0) is 49.2 Å². The molecule has 1 amide bonds. The molecule has 0 aliphatic rings. The molecule has 2 aromatic carbocycles. The number of rotatable bonds is 6. The zero-order valence-corrected chi connectivity index (χ0v) is 17.2. The summed E-state index contributed by atoms with van der Waals surface area (Å²) in [7, 11) is 0. The maximum Gasteiger partial charge on any atom is 0.270 e. The molecular weight excluding hydrogens is 372 g/mol. The molecule has 0 unspecified atom stereocenters. The van der Waals surface area contributed by atoms with Gasteiger partial charge in [-0.2, -0.15) is 5.10 Å². The quantitative estimate of drug-likeness (QED) is 0.521. The molecule has 30 heavy (non-hydrogen) atoms. The minimum Gasteiger partial charge on any atom is -0.350 e. The second-order valence-electron chi connectivity index (χ2n) is 7.31. The van der Waals surface area contributed by atoms with Crippen LogP contribution in [0.1, 0.15) is 27.3 Å². The molecule has 4 aromatic rings. The number of carbonyl (C=O) groups is 1. The largest absolute Gasteiger partial charge is 0.350 e. The molecule has 2 heterocycles. The van der Waals surface area contributed by atoms with Crippen molar-refractivity contribution in [2.45, 2.75) is 20.3 Å². The summed E-state index contributed by atoms with van der Waals surface area (Å²) < 4.78 is 1.75. The van der Waals surface area contributed by atoms with Gasteiger partial charge >= 0.3 is 0 Å². The van der Waals surface area contributed by atoms with E-state index < -0.39 is 0 Å². The molecule has 0 aliphatic carbocycles. The van der Waals surface area contributed by atoms with E-state index in [0.29, 0.717) is 18.7 Å². The van der Waals surface area contributed by atoms with E-state index in [9.17, 15) is 4.79 Å². The predicted molar refractivity (Wildman–Crippen MR) is 119 cm³/mol. The predicted octanol–water partition coefficient (Wildman–Crippen LogP) is 4.52. The molecular formula is C25H24N4O. The van der Waals surface area contributed by atoms with Gasteiger partial charge in [0, 0.05) is 30.4 Å². The van der Waals surface area contributed by atoms with E-state index in [1.807, 2.05) is 68.4 Å². The Kier molecular flexibility index (Phi) is 5.70. The second kappa shape index (κ2) is 8.74. The molecule has 5 nitrogen and oxygen atoms in total. The number of carbonyl (C=O) groups excluding carboxylic acids is 1. The van der Waals surface area contributed by atoms with Crippen LogP contribution in [0.4, 0.5) is 0 Å². The minimum absolute atomic E-state index is 0.151. The van der Waals surface area contributed by atoms with Crippen LogP contribution >= 0.6 is 0 Å². The number of aryl methyl sites for hydroxylation is 2. The van der Waals surface area contributed by atoms with Gasteiger partial charge in [0.05, 0.1) is 11.4 Å². The van der Waals surface area contributed by atoms with Crippen molar-refractivity contribution >= 4 is 5.91 Å². The van der Waals surface area contributed by atoms with Crippen molar-refractivity contribution < 1.29 is 4.79 Å². The summed E-state index contributed by atoms with van der Waals surface area (Å²) in [4.78, 5) is 17.4. The van der Waals surface area contributed by atoms with E-state index in [4.69, 9.17) is 5.10 Å². The van der Waals surface area contributed by atoms with Gasteiger partial charge in [-0.3, -0.25) is 9.78 Å². The first kappa shape index (κ1) is 19.6. The molecule has 1 N–H and O–H groups in total. The maximum atomic E-state index is 13.1. The molecule has 0 saturated heterocycles. The Morgan fingerprint density at radius 3 is 2.53 bits per heavy atom. The lowest BCUT2D eigenvalue weighted by Gasteiger charge is -2.11. The third-order valence-electron chi connectivity index (χ3n) is 5.00. The van der Waals surface area contributed by atoms with Crippen molar-refractivity contribution in [2.75, 3.05) is 6.54 Å². The topological polar surface area (TPSA) is 59.8 Å². The van der Waals surface area contributed by atoms with Crippen LogP contribution in [0.3, 0.4) is 0 Å². The monoisotopic (exact) mass is 396 g/mol. The lowest BCUT2D eigenvalue weighted by atomic mass is 10.1. The van der Waals surface area contributed by atoms with Crippen molar-refractivity contribution in [3.8, 4) is 16.9 Å². The van der Waals surface area contributed by atoms with Crippen LogP contribution in [0.5, 0.6) is 0 Å². The van der Waals surface area contributed by atoms with Gasteiger partial charge in [0.2, 0.25) is 0 Å². The van der Waals surface area contributed by atoms with Crippen molar-refractivity contribution in [2.24, 2.45) is 0 Å². The standard InChI is InChI=1S/C25H24N4O/c1-18-11-12-19(2)23(16-18)29-24(17-22(28-29)20-8-4-3-5-9-20)25(30)27-15-13-21-10-6-7-14-26-21/h3-12,14,16-17H,13,15H2,1-2H3,(H,27,30). The second-order valence-corrected chi connectivity index (χ2v) is 7.31. The molecule has 2 aromatic heterocycles. The number of nitrogens with zero attached hydrogens (tertiary/aromatic N) is 3. The fourth-order valence-electron chi connectivity index (χ4n) is 3.36. The fraction of sp³-hybridized carbons (Fsp3) is 0.160. The normalized spacial score (nSPS) is 10.7. The first-order valence-corrected chi connectivity index (χ1v) is 10.0. The first-order chi connectivity index (χ1) is 14.6. The summed E-state index contributed by atoms with van der Waals surface area (Å²) in [6.45, 7) is 4.58. The van der Waals surface area contributed by atoms with E-state index in [0.717, 1.165) is 33.8 Å². The highest BCUT2D eigenvalue weighted by Crippen LogP contribution is 2.24. The van der Waals surface area contributed by atoms with Gasteiger partial charge in [0.1, 0.15) is 5.69 Å². The molecule has 0 fully saturated rings. The molecule has 0 radical (unpaired) electrons. The average Bonchev–Trinajstić information content (AvgIpc) is 3.22. The summed E-state index contributed by atoms with van der Waals surface area (Å²) in [5.41, 5.74) is 6.30. The van der Waals surface area contributed by atoms with E-state index in [1.54, 1.807) is 10.9 Å². The highest BCUT2D eigenvalue weighted by molar-refractivity contribution is 5.94. The smallest absolute Gasteiger partial charge is 0.270 e. The zero-order chi connectivity index (χ0) is 20.9. The third-order valence-corrected chi connectivity index (χ3v) is 5.00. The van der Waals surface area contributed by atoms with Gasteiger partial charge in [0.15, 0.2) is 0 Å². The number of amides is 1. The number of hydrogen-bond acceptors (Lipinski definition) is 3. The summed E-state index contributed by atoms with van der Waals surface area (Å²) in [5, 5.41) is 7.80. The van der Waals surface area contributed by atoms with E-state index in [2.05, 4.69) is 28.5 Å². The Bertz CT molecular complexity index is 1150. The molecule has 0 atom stereocenters. The van der Waals surface area contributed by atoms with E-state index in [1.165, 1.54) is 0 Å². The van der Waals surface area contributed by atoms with E-state index >= 15 is 0 Å². The number of hydrogen-bond donors (Lipinski definition) is 1. The summed E-state index contributed by atoms with van der Waals surface area (Å²) in [6.07, 6.45) is 2.44.